The molecule has 47 heavy (non-hydrogen) atoms. The van der Waals surface area contributed by atoms with Gasteiger partial charge in [-0.3, -0.25) is 19.1 Å². The van der Waals surface area contributed by atoms with Crippen LogP contribution in [0.2, 0.25) is 0 Å². The van der Waals surface area contributed by atoms with Gasteiger partial charge in [0.2, 0.25) is 5.91 Å². The van der Waals surface area contributed by atoms with Crippen molar-refractivity contribution < 1.29 is 24.1 Å². The molecule has 0 saturated heterocycles. The van der Waals surface area contributed by atoms with Gasteiger partial charge in [-0.05, 0) is 53.4 Å². The molecule has 1 heterocycles. The molecule has 0 aliphatic carbocycles. The Labute approximate surface area is 272 Å². The van der Waals surface area contributed by atoms with E-state index in [-0.39, 0.29) is 18.7 Å². The van der Waals surface area contributed by atoms with Gasteiger partial charge in [-0.1, -0.05) is 84.9 Å². The lowest BCUT2D eigenvalue weighted by Gasteiger charge is -2.38. The molecular formula is C37H37N3O7. The van der Waals surface area contributed by atoms with Crippen molar-refractivity contribution in [1.29, 1.82) is 0 Å². The van der Waals surface area contributed by atoms with E-state index in [1.807, 2.05) is 84.9 Å². The number of hydrogen-bond acceptors (Lipinski definition) is 7. The summed E-state index contributed by atoms with van der Waals surface area (Å²) in [5, 5.41) is 14.5. The van der Waals surface area contributed by atoms with Crippen LogP contribution in [-0.4, -0.2) is 47.4 Å². The summed E-state index contributed by atoms with van der Waals surface area (Å²) in [4.78, 5) is 39.9. The highest BCUT2D eigenvalue weighted by Crippen LogP contribution is 2.42. The third kappa shape index (κ3) is 7.35. The Morgan fingerprint density at radius 1 is 0.809 bits per heavy atom. The lowest BCUT2D eigenvalue weighted by molar-refractivity contribution is -0.124. The molecule has 0 fully saturated rings. The molecule has 0 aliphatic rings. The molecule has 0 aliphatic heterocycles. The molecule has 0 spiro atoms. The van der Waals surface area contributed by atoms with Gasteiger partial charge in [0.25, 0.3) is 5.56 Å². The molecule has 1 amide bonds. The van der Waals surface area contributed by atoms with E-state index < -0.39 is 34.9 Å². The molecule has 0 saturated carbocycles. The smallest absolute Gasteiger partial charge is 0.328 e. The van der Waals surface area contributed by atoms with Crippen LogP contribution in [0.3, 0.4) is 0 Å². The lowest BCUT2D eigenvalue weighted by Crippen LogP contribution is -2.47. The van der Waals surface area contributed by atoms with Gasteiger partial charge in [0, 0.05) is 11.8 Å². The third-order valence-electron chi connectivity index (χ3n) is 8.02. The minimum absolute atomic E-state index is 0.145. The highest BCUT2D eigenvalue weighted by atomic mass is 16.5. The van der Waals surface area contributed by atoms with Crippen molar-refractivity contribution in [2.75, 3.05) is 20.8 Å². The van der Waals surface area contributed by atoms with Crippen molar-refractivity contribution in [2.24, 2.45) is 0 Å². The molecule has 10 nitrogen and oxygen atoms in total. The molecule has 5 aromatic rings. The third-order valence-corrected chi connectivity index (χ3v) is 8.02. The number of methoxy groups -OCH3 is 2. The minimum atomic E-state index is -1.20. The number of nitrogens with zero attached hydrogens (tertiary/aromatic N) is 1. The van der Waals surface area contributed by atoms with Gasteiger partial charge >= 0.3 is 5.69 Å². The molecule has 242 valence electrons. The first-order valence-corrected chi connectivity index (χ1v) is 15.1. The van der Waals surface area contributed by atoms with Crippen molar-refractivity contribution in [3.63, 3.8) is 0 Å². The average molecular weight is 636 g/mol. The molecule has 0 unspecified atom stereocenters. The number of H-pyrrole nitrogens is 1. The molecule has 3 N–H and O–H groups in total. The fourth-order valence-corrected chi connectivity index (χ4v) is 5.53. The second-order valence-electron chi connectivity index (χ2n) is 11.0. The summed E-state index contributed by atoms with van der Waals surface area (Å²) in [6.07, 6.45) is 0.155. The van der Waals surface area contributed by atoms with E-state index in [0.29, 0.717) is 17.1 Å². The number of benzene rings is 4. The summed E-state index contributed by atoms with van der Waals surface area (Å²) in [7, 11) is 3.19. The van der Waals surface area contributed by atoms with Crippen LogP contribution in [0, 0.1) is 6.92 Å². The topological polar surface area (TPSA) is 132 Å². The van der Waals surface area contributed by atoms with E-state index in [2.05, 4.69) is 10.3 Å². The Bertz CT molecular complexity index is 1840. The van der Waals surface area contributed by atoms with E-state index >= 15 is 0 Å². The van der Waals surface area contributed by atoms with Gasteiger partial charge in [-0.25, -0.2) is 4.79 Å². The predicted octanol–water partition coefficient (Wildman–Crippen LogP) is 4.09. The number of nitrogens with one attached hydrogen (secondary N) is 2. The van der Waals surface area contributed by atoms with Crippen LogP contribution in [0.25, 0.3) is 0 Å². The van der Waals surface area contributed by atoms with Crippen LogP contribution in [0.5, 0.6) is 11.5 Å². The Morgan fingerprint density at radius 2 is 1.32 bits per heavy atom. The lowest BCUT2D eigenvalue weighted by atomic mass is 9.80. The van der Waals surface area contributed by atoms with E-state index in [9.17, 15) is 19.5 Å². The number of aromatic nitrogens is 2. The summed E-state index contributed by atoms with van der Waals surface area (Å²) >= 11 is 0. The average Bonchev–Trinajstić information content (AvgIpc) is 3.11. The van der Waals surface area contributed by atoms with Gasteiger partial charge in [-0.2, -0.15) is 0 Å². The number of carbonyl (C=O) groups excluding carboxylic acids is 1. The number of aliphatic hydroxyl groups excluding tert-OH is 1. The molecule has 10 heteroatoms. The highest BCUT2D eigenvalue weighted by molar-refractivity contribution is 5.76. The predicted molar refractivity (Wildman–Crippen MR) is 178 cm³/mol. The Hall–Kier alpha value is -5.45. The van der Waals surface area contributed by atoms with E-state index in [0.717, 1.165) is 21.3 Å². The normalized spacial score (nSPS) is 12.6. The number of amides is 1. The van der Waals surface area contributed by atoms with Crippen LogP contribution < -0.4 is 26.0 Å². The highest BCUT2D eigenvalue weighted by Gasteiger charge is 2.39. The van der Waals surface area contributed by atoms with E-state index in [4.69, 9.17) is 14.2 Å². The number of ether oxygens (including phenoxy) is 3. The van der Waals surface area contributed by atoms with Crippen molar-refractivity contribution in [1.82, 2.24) is 14.9 Å². The minimum Gasteiger partial charge on any atom is -0.497 e. The van der Waals surface area contributed by atoms with Gasteiger partial charge in [-0.15, -0.1) is 0 Å². The van der Waals surface area contributed by atoms with Gasteiger partial charge in [0.05, 0.1) is 26.9 Å². The summed E-state index contributed by atoms with van der Waals surface area (Å²) in [5.74, 6) is 0.784. The van der Waals surface area contributed by atoms with Crippen molar-refractivity contribution in [3.05, 3.63) is 164 Å². The zero-order valence-corrected chi connectivity index (χ0v) is 26.4. The van der Waals surface area contributed by atoms with Crippen LogP contribution >= 0.6 is 0 Å². The van der Waals surface area contributed by atoms with Crippen LogP contribution in [0.1, 0.15) is 33.9 Å². The summed E-state index contributed by atoms with van der Waals surface area (Å²) in [6.45, 7) is 1.02. The maximum absolute atomic E-state index is 13.4. The molecule has 5 rings (SSSR count). The largest absolute Gasteiger partial charge is 0.497 e. The van der Waals surface area contributed by atoms with Crippen molar-refractivity contribution in [2.45, 2.75) is 31.2 Å². The first kappa shape index (κ1) is 32.9. The molecular weight excluding hydrogens is 598 g/mol. The molecule has 4 aromatic carbocycles. The van der Waals surface area contributed by atoms with Gasteiger partial charge in [0.15, 0.2) is 0 Å². The maximum Gasteiger partial charge on any atom is 0.328 e. The summed E-state index contributed by atoms with van der Waals surface area (Å²) in [6, 6.07) is 32.7. The number of aromatic amines is 1. The first-order valence-electron chi connectivity index (χ1n) is 15.1. The molecule has 2 atom stereocenters. The van der Waals surface area contributed by atoms with Crippen molar-refractivity contribution in [3.8, 4) is 11.5 Å². The van der Waals surface area contributed by atoms with Crippen LogP contribution in [0.15, 0.2) is 125 Å². The summed E-state index contributed by atoms with van der Waals surface area (Å²) in [5.41, 5.74) is 0.789. The van der Waals surface area contributed by atoms with Gasteiger partial charge in [0.1, 0.15) is 29.7 Å². The Morgan fingerprint density at radius 3 is 1.85 bits per heavy atom. The standard InChI is InChI=1S/C37H37N3O7/c1-25-22-40(36(44)39-35(25)43)23-33(41)38-32(34(42)26-10-6-4-7-11-26)24-47-37(27-12-8-5-9-13-27,28-14-18-30(45-2)19-15-28)29-16-20-31(46-3)21-17-29/h4-22,32,34,42H,23-24H2,1-3H3,(H,38,41)(H,39,43,44)/t32-,34+/m0/s1. The number of carbonyl (C=O) groups is 1. The number of rotatable bonds is 13. The van der Waals surface area contributed by atoms with Crippen molar-refractivity contribution >= 4 is 5.91 Å². The van der Waals surface area contributed by atoms with E-state index in [1.165, 1.54) is 6.20 Å². The maximum atomic E-state index is 13.4. The Balaban J connectivity index is 1.57. The zero-order valence-electron chi connectivity index (χ0n) is 26.4. The quantitative estimate of drug-likeness (QED) is 0.166. The van der Waals surface area contributed by atoms with Crippen LogP contribution in [0.4, 0.5) is 0 Å². The monoisotopic (exact) mass is 635 g/mol. The zero-order chi connectivity index (χ0) is 33.4. The molecule has 0 bridgehead atoms. The first-order chi connectivity index (χ1) is 22.7. The fraction of sp³-hybridized carbons (Fsp3) is 0.216. The molecule has 1 aromatic heterocycles. The number of aliphatic hydroxyl groups is 1. The second kappa shape index (κ2) is 14.8. The Kier molecular flexibility index (Phi) is 10.3. The number of hydrogen-bond donors (Lipinski definition) is 3. The van der Waals surface area contributed by atoms with Crippen LogP contribution in [-0.2, 0) is 21.7 Å². The molecule has 0 radical (unpaired) electrons. The second-order valence-corrected chi connectivity index (χ2v) is 11.0. The van der Waals surface area contributed by atoms with E-state index in [1.54, 1.807) is 45.4 Å². The SMILES string of the molecule is COc1ccc(C(OC[C@H](NC(=O)Cn2cc(C)c(=O)[nH]c2=O)[C@H](O)c2ccccc2)(c2ccccc2)c2ccc(OC)cc2)cc1. The fourth-order valence-electron chi connectivity index (χ4n) is 5.53. The summed E-state index contributed by atoms with van der Waals surface area (Å²) < 4.78 is 19.0. The van der Waals surface area contributed by atoms with Gasteiger partial charge < -0.3 is 24.6 Å². The number of aryl methyl sites for hydroxylation is 1.